The molecule has 4 heteroatoms. The normalized spacial score (nSPS) is 28.8. The van der Waals surface area contributed by atoms with Crippen molar-refractivity contribution >= 4 is 49.1 Å². The monoisotopic (exact) mass is 337 g/mol. The third-order valence-electron chi connectivity index (χ3n) is 0.819. The molecule has 8 heavy (non-hydrogen) atoms. The fourth-order valence-corrected chi connectivity index (χ4v) is 2.05. The quantitative estimate of drug-likeness (QED) is 0.376. The Morgan fingerprint density at radius 3 is 2.88 bits per heavy atom. The second-order valence-corrected chi connectivity index (χ2v) is 3.81. The Labute approximate surface area is 75.4 Å². The zero-order chi connectivity index (χ0) is 5.98. The molecular weight excluding hydrogens is 332 g/mol. The van der Waals surface area contributed by atoms with Crippen LogP contribution in [0.15, 0.2) is 4.99 Å². The van der Waals surface area contributed by atoms with E-state index < -0.39 is 0 Å². The Morgan fingerprint density at radius 1 is 1.75 bits per heavy atom. The number of halogens is 2. The molecule has 0 radical (unpaired) electrons. The zero-order valence-electron chi connectivity index (χ0n) is 4.10. The van der Waals surface area contributed by atoms with E-state index in [4.69, 9.17) is 4.74 Å². The van der Waals surface area contributed by atoms with Gasteiger partial charge in [0.25, 0.3) is 0 Å². The van der Waals surface area contributed by atoms with Crippen LogP contribution in [0.1, 0.15) is 6.42 Å². The molecule has 0 bridgehead atoms. The summed E-state index contributed by atoms with van der Waals surface area (Å²) < 4.78 is 6.32. The van der Waals surface area contributed by atoms with Crippen molar-refractivity contribution in [1.82, 2.24) is 0 Å². The first-order chi connectivity index (χ1) is 3.79. The van der Waals surface area contributed by atoms with Gasteiger partial charge in [-0.05, 0) is 0 Å². The standard InChI is InChI=1S/C4H5I2NO/c5-3-1-2-8-4(6)7-3/h3H,1-2H2. The van der Waals surface area contributed by atoms with Gasteiger partial charge in [0, 0.05) is 29.0 Å². The minimum Gasteiger partial charge on any atom is -0.473 e. The van der Waals surface area contributed by atoms with Crippen molar-refractivity contribution in [2.45, 2.75) is 10.5 Å². The maximum atomic E-state index is 5.08. The number of aliphatic imine (C=N–C) groups is 1. The van der Waals surface area contributed by atoms with Crippen molar-refractivity contribution in [3.63, 3.8) is 0 Å². The largest absolute Gasteiger partial charge is 0.473 e. The molecule has 0 spiro atoms. The molecule has 1 rings (SSSR count). The lowest BCUT2D eigenvalue weighted by atomic mass is 10.4. The van der Waals surface area contributed by atoms with Gasteiger partial charge in [0.05, 0.1) is 6.61 Å². The van der Waals surface area contributed by atoms with E-state index in [0.29, 0.717) is 4.05 Å². The van der Waals surface area contributed by atoms with Crippen molar-refractivity contribution in [3.05, 3.63) is 0 Å². The molecule has 0 amide bonds. The number of nitrogens with zero attached hydrogens (tertiary/aromatic N) is 1. The molecular formula is C4H5I2NO. The SMILES string of the molecule is IC1=NC(I)CCO1. The lowest BCUT2D eigenvalue weighted by molar-refractivity contribution is 0.293. The van der Waals surface area contributed by atoms with E-state index >= 15 is 0 Å². The van der Waals surface area contributed by atoms with E-state index in [0.717, 1.165) is 16.9 Å². The minimum absolute atomic E-state index is 0.438. The highest BCUT2D eigenvalue weighted by Gasteiger charge is 2.08. The van der Waals surface area contributed by atoms with E-state index in [2.05, 4.69) is 50.2 Å². The van der Waals surface area contributed by atoms with Crippen LogP contribution in [0.2, 0.25) is 0 Å². The van der Waals surface area contributed by atoms with Crippen LogP contribution in [0.3, 0.4) is 0 Å². The van der Waals surface area contributed by atoms with Gasteiger partial charge in [-0.25, -0.2) is 4.99 Å². The Morgan fingerprint density at radius 2 is 2.50 bits per heavy atom. The molecule has 0 aliphatic carbocycles. The second kappa shape index (κ2) is 3.19. The molecule has 0 aromatic carbocycles. The summed E-state index contributed by atoms with van der Waals surface area (Å²) >= 11 is 4.39. The maximum Gasteiger partial charge on any atom is 0.248 e. The number of rotatable bonds is 0. The molecule has 1 atom stereocenters. The van der Waals surface area contributed by atoms with Crippen LogP contribution in [0.4, 0.5) is 0 Å². The fraction of sp³-hybridized carbons (Fsp3) is 0.750. The van der Waals surface area contributed by atoms with Gasteiger partial charge in [0.15, 0.2) is 0 Å². The predicted octanol–water partition coefficient (Wildman–Crippen LogP) is 1.96. The summed E-state index contributed by atoms with van der Waals surface area (Å²) in [6, 6.07) is 0. The van der Waals surface area contributed by atoms with Gasteiger partial charge in [0.2, 0.25) is 3.90 Å². The molecule has 1 aliphatic heterocycles. The van der Waals surface area contributed by atoms with Crippen LogP contribution in [0, 0.1) is 0 Å². The highest BCUT2D eigenvalue weighted by atomic mass is 127. The lowest BCUT2D eigenvalue weighted by Crippen LogP contribution is -2.11. The summed E-state index contributed by atoms with van der Waals surface area (Å²) in [6.45, 7) is 0.829. The van der Waals surface area contributed by atoms with Gasteiger partial charge in [-0.1, -0.05) is 22.6 Å². The van der Waals surface area contributed by atoms with Gasteiger partial charge in [0.1, 0.15) is 4.05 Å². The minimum atomic E-state index is 0.438. The van der Waals surface area contributed by atoms with E-state index in [-0.39, 0.29) is 0 Å². The maximum absolute atomic E-state index is 5.08. The second-order valence-electron chi connectivity index (χ2n) is 1.45. The molecule has 1 heterocycles. The van der Waals surface area contributed by atoms with Crippen LogP contribution in [0.5, 0.6) is 0 Å². The molecule has 0 fully saturated rings. The van der Waals surface area contributed by atoms with E-state index in [1.54, 1.807) is 0 Å². The molecule has 1 unspecified atom stereocenters. The average molecular weight is 337 g/mol. The number of ether oxygens (including phenoxy) is 1. The van der Waals surface area contributed by atoms with Gasteiger partial charge < -0.3 is 4.74 Å². The number of hydrogen-bond acceptors (Lipinski definition) is 2. The Kier molecular flexibility index (Phi) is 2.81. The molecule has 46 valence electrons. The summed E-state index contributed by atoms with van der Waals surface area (Å²) in [5, 5.41) is 0. The van der Waals surface area contributed by atoms with Gasteiger partial charge in [-0.3, -0.25) is 0 Å². The van der Waals surface area contributed by atoms with Gasteiger partial charge in [-0.2, -0.15) is 0 Å². The van der Waals surface area contributed by atoms with Crippen molar-refractivity contribution < 1.29 is 4.74 Å². The molecule has 1 aliphatic rings. The topological polar surface area (TPSA) is 21.6 Å². The smallest absolute Gasteiger partial charge is 0.248 e. The predicted molar refractivity (Wildman–Crippen MR) is 49.8 cm³/mol. The first-order valence-electron chi connectivity index (χ1n) is 2.29. The summed E-state index contributed by atoms with van der Waals surface area (Å²) in [4.78, 5) is 4.15. The average Bonchev–Trinajstić information content (AvgIpc) is 1.64. The van der Waals surface area contributed by atoms with E-state index in [9.17, 15) is 0 Å². The third kappa shape index (κ3) is 2.04. The van der Waals surface area contributed by atoms with Crippen molar-refractivity contribution in [3.8, 4) is 0 Å². The first-order valence-corrected chi connectivity index (χ1v) is 4.61. The zero-order valence-corrected chi connectivity index (χ0v) is 8.42. The van der Waals surface area contributed by atoms with E-state index in [1.165, 1.54) is 0 Å². The molecule has 0 N–H and O–H groups in total. The summed E-state index contributed by atoms with van der Waals surface area (Å²) in [5.74, 6) is 0. The van der Waals surface area contributed by atoms with Crippen LogP contribution in [-0.2, 0) is 4.74 Å². The number of hydrogen-bond donors (Lipinski definition) is 0. The van der Waals surface area contributed by atoms with Gasteiger partial charge in [-0.15, -0.1) is 0 Å². The summed E-state index contributed by atoms with van der Waals surface area (Å²) in [6.07, 6.45) is 1.05. The van der Waals surface area contributed by atoms with Crippen molar-refractivity contribution in [2.75, 3.05) is 6.61 Å². The van der Waals surface area contributed by atoms with E-state index in [1.807, 2.05) is 0 Å². The van der Waals surface area contributed by atoms with Crippen molar-refractivity contribution in [2.24, 2.45) is 4.99 Å². The Bertz CT molecular complexity index is 115. The lowest BCUT2D eigenvalue weighted by Gasteiger charge is -2.12. The van der Waals surface area contributed by atoms with Crippen molar-refractivity contribution in [1.29, 1.82) is 0 Å². The molecule has 0 saturated heterocycles. The highest BCUT2D eigenvalue weighted by Crippen LogP contribution is 2.15. The Hall–Kier alpha value is 0.930. The Balaban J connectivity index is 2.50. The van der Waals surface area contributed by atoms with Crippen LogP contribution in [0.25, 0.3) is 0 Å². The molecule has 0 aromatic heterocycles. The summed E-state index contributed by atoms with van der Waals surface area (Å²) in [5.41, 5.74) is 0. The fourth-order valence-electron chi connectivity index (χ4n) is 0.452. The van der Waals surface area contributed by atoms with Gasteiger partial charge >= 0.3 is 0 Å². The highest BCUT2D eigenvalue weighted by molar-refractivity contribution is 14.1. The number of alkyl halides is 1. The van der Waals surface area contributed by atoms with Crippen LogP contribution in [-0.4, -0.2) is 14.6 Å². The van der Waals surface area contributed by atoms with Crippen LogP contribution >= 0.6 is 45.2 Å². The van der Waals surface area contributed by atoms with Crippen LogP contribution < -0.4 is 0 Å². The first kappa shape index (κ1) is 7.04. The molecule has 2 nitrogen and oxygen atoms in total. The summed E-state index contributed by atoms with van der Waals surface area (Å²) in [7, 11) is 0. The molecule has 0 aromatic rings. The third-order valence-corrected chi connectivity index (χ3v) is 2.31. The molecule has 0 saturated carbocycles.